The number of hydrogen-bond acceptors (Lipinski definition) is 3. The molecule has 7 heteroatoms. The third-order valence-corrected chi connectivity index (χ3v) is 2.78. The molecule has 19 heavy (non-hydrogen) atoms. The van der Waals surface area contributed by atoms with Crippen molar-refractivity contribution in [1.82, 2.24) is 20.2 Å². The molecule has 0 spiro atoms. The van der Waals surface area contributed by atoms with Gasteiger partial charge in [0, 0.05) is 19.4 Å². The second-order valence-corrected chi connectivity index (χ2v) is 4.31. The molecule has 0 aliphatic carbocycles. The number of nitrogens with one attached hydrogen (secondary N) is 2. The van der Waals surface area contributed by atoms with E-state index in [0.717, 1.165) is 12.8 Å². The van der Waals surface area contributed by atoms with E-state index in [0.29, 0.717) is 12.2 Å². The number of unbranched alkanes of at least 4 members (excludes halogenated alkanes) is 1. The molecule has 1 heterocycles. The molecule has 0 fully saturated rings. The number of imidazole rings is 1. The van der Waals surface area contributed by atoms with Gasteiger partial charge in [0.1, 0.15) is 11.9 Å². The van der Waals surface area contributed by atoms with E-state index in [1.807, 2.05) is 14.0 Å². The van der Waals surface area contributed by atoms with E-state index < -0.39 is 18.0 Å². The van der Waals surface area contributed by atoms with E-state index in [1.165, 1.54) is 0 Å². The lowest BCUT2D eigenvalue weighted by Gasteiger charge is -2.14. The summed E-state index contributed by atoms with van der Waals surface area (Å²) >= 11 is 0. The van der Waals surface area contributed by atoms with E-state index in [2.05, 4.69) is 15.6 Å². The van der Waals surface area contributed by atoms with Crippen molar-refractivity contribution >= 4 is 12.0 Å². The van der Waals surface area contributed by atoms with Crippen molar-refractivity contribution in [3.63, 3.8) is 0 Å². The van der Waals surface area contributed by atoms with Gasteiger partial charge in [0.2, 0.25) is 0 Å². The third kappa shape index (κ3) is 4.99. The molecule has 1 aromatic rings. The summed E-state index contributed by atoms with van der Waals surface area (Å²) in [6.07, 6.45) is 5.49. The first-order valence-electron chi connectivity index (χ1n) is 6.28. The van der Waals surface area contributed by atoms with Crippen molar-refractivity contribution in [2.75, 3.05) is 0 Å². The maximum Gasteiger partial charge on any atom is 0.326 e. The normalized spacial score (nSPS) is 11.9. The number of rotatable bonds is 7. The van der Waals surface area contributed by atoms with Crippen LogP contribution in [0.2, 0.25) is 0 Å². The zero-order valence-electron chi connectivity index (χ0n) is 11.2. The second-order valence-electron chi connectivity index (χ2n) is 4.31. The molecule has 1 atom stereocenters. The molecule has 2 amide bonds. The summed E-state index contributed by atoms with van der Waals surface area (Å²) in [5.41, 5.74) is 0. The van der Waals surface area contributed by atoms with Gasteiger partial charge in [-0.15, -0.1) is 0 Å². The molecule has 7 nitrogen and oxygen atoms in total. The lowest BCUT2D eigenvalue weighted by atomic mass is 10.1. The van der Waals surface area contributed by atoms with Crippen molar-refractivity contribution in [2.45, 2.75) is 38.8 Å². The number of urea groups is 1. The topological polar surface area (TPSA) is 96.3 Å². The van der Waals surface area contributed by atoms with Gasteiger partial charge >= 0.3 is 12.0 Å². The zero-order chi connectivity index (χ0) is 14.3. The minimum absolute atomic E-state index is 0.259. The Balaban J connectivity index is 2.40. The van der Waals surface area contributed by atoms with Gasteiger partial charge < -0.3 is 20.3 Å². The number of carboxylic acids is 1. The summed E-state index contributed by atoms with van der Waals surface area (Å²) < 4.78 is 1.78. The quantitative estimate of drug-likeness (QED) is 0.683. The standard InChI is InChI=1S/C12H20N4O3/c1-3-4-5-9(11(17)18)15-12(19)14-8-10-13-6-7-16(10)2/h6-7,9H,3-5,8H2,1-2H3,(H,17,18)(H2,14,15,19)/t9-/m0/s1. The molecule has 0 radical (unpaired) electrons. The van der Waals surface area contributed by atoms with Crippen LogP contribution in [0.1, 0.15) is 32.0 Å². The summed E-state index contributed by atoms with van der Waals surface area (Å²) in [6.45, 7) is 2.23. The Kier molecular flexibility index (Phi) is 5.84. The molecule has 0 aromatic carbocycles. The van der Waals surface area contributed by atoms with Crippen LogP contribution in [-0.4, -0.2) is 32.7 Å². The first-order chi connectivity index (χ1) is 9.04. The van der Waals surface area contributed by atoms with Crippen molar-refractivity contribution in [1.29, 1.82) is 0 Å². The van der Waals surface area contributed by atoms with Gasteiger partial charge in [-0.05, 0) is 6.42 Å². The van der Waals surface area contributed by atoms with Crippen LogP contribution >= 0.6 is 0 Å². The van der Waals surface area contributed by atoms with E-state index in [9.17, 15) is 9.59 Å². The summed E-state index contributed by atoms with van der Waals surface area (Å²) in [6, 6.07) is -1.34. The fourth-order valence-corrected chi connectivity index (χ4v) is 1.60. The number of hydrogen-bond donors (Lipinski definition) is 3. The van der Waals surface area contributed by atoms with Crippen LogP contribution in [0, 0.1) is 0 Å². The number of aliphatic carboxylic acids is 1. The van der Waals surface area contributed by atoms with Crippen LogP contribution in [0.4, 0.5) is 4.79 Å². The van der Waals surface area contributed by atoms with Crippen molar-refractivity contribution in [3.8, 4) is 0 Å². The maximum atomic E-state index is 11.6. The van der Waals surface area contributed by atoms with Crippen LogP contribution in [0.25, 0.3) is 0 Å². The van der Waals surface area contributed by atoms with Gasteiger partial charge in [0.25, 0.3) is 0 Å². The summed E-state index contributed by atoms with van der Waals surface area (Å²) in [7, 11) is 1.82. The predicted molar refractivity (Wildman–Crippen MR) is 69.5 cm³/mol. The Labute approximate surface area is 112 Å². The molecule has 3 N–H and O–H groups in total. The average molecular weight is 268 g/mol. The van der Waals surface area contributed by atoms with E-state index in [4.69, 9.17) is 5.11 Å². The Hall–Kier alpha value is -2.05. The molecular formula is C12H20N4O3. The Morgan fingerprint density at radius 1 is 1.53 bits per heavy atom. The molecule has 1 aromatic heterocycles. The van der Waals surface area contributed by atoms with Gasteiger partial charge in [-0.3, -0.25) is 0 Å². The lowest BCUT2D eigenvalue weighted by Crippen LogP contribution is -2.45. The molecule has 0 saturated heterocycles. The fourth-order valence-electron chi connectivity index (χ4n) is 1.60. The van der Waals surface area contributed by atoms with Gasteiger partial charge in [0.05, 0.1) is 6.54 Å². The fraction of sp³-hybridized carbons (Fsp3) is 0.583. The maximum absolute atomic E-state index is 11.6. The summed E-state index contributed by atoms with van der Waals surface area (Å²) in [4.78, 5) is 26.6. The van der Waals surface area contributed by atoms with Gasteiger partial charge in [-0.2, -0.15) is 0 Å². The smallest absolute Gasteiger partial charge is 0.326 e. The van der Waals surface area contributed by atoms with Crippen LogP contribution < -0.4 is 10.6 Å². The largest absolute Gasteiger partial charge is 0.480 e. The number of nitrogens with zero attached hydrogens (tertiary/aromatic N) is 2. The van der Waals surface area contributed by atoms with Crippen molar-refractivity contribution in [2.24, 2.45) is 7.05 Å². The zero-order valence-corrected chi connectivity index (χ0v) is 11.2. The predicted octanol–water partition coefficient (Wildman–Crippen LogP) is 0.863. The lowest BCUT2D eigenvalue weighted by molar-refractivity contribution is -0.139. The Bertz CT molecular complexity index is 430. The molecule has 106 valence electrons. The van der Waals surface area contributed by atoms with Crippen LogP contribution in [0.3, 0.4) is 0 Å². The number of amides is 2. The highest BCUT2D eigenvalue weighted by Crippen LogP contribution is 2.01. The molecule has 0 bridgehead atoms. The highest BCUT2D eigenvalue weighted by molar-refractivity contribution is 5.82. The van der Waals surface area contributed by atoms with Crippen LogP contribution in [0.5, 0.6) is 0 Å². The Morgan fingerprint density at radius 2 is 2.26 bits per heavy atom. The van der Waals surface area contributed by atoms with Gasteiger partial charge in [-0.25, -0.2) is 14.6 Å². The minimum Gasteiger partial charge on any atom is -0.480 e. The van der Waals surface area contributed by atoms with Gasteiger partial charge in [0.15, 0.2) is 0 Å². The average Bonchev–Trinajstić information content (AvgIpc) is 2.77. The number of aromatic nitrogens is 2. The summed E-state index contributed by atoms with van der Waals surface area (Å²) in [5.74, 6) is -0.309. The third-order valence-electron chi connectivity index (χ3n) is 2.78. The molecule has 0 aliphatic heterocycles. The second kappa shape index (κ2) is 7.40. The minimum atomic E-state index is -1.01. The molecule has 0 saturated carbocycles. The number of carboxylic acid groups (broad SMARTS) is 1. The first-order valence-corrected chi connectivity index (χ1v) is 6.28. The van der Waals surface area contributed by atoms with E-state index in [-0.39, 0.29) is 6.54 Å². The van der Waals surface area contributed by atoms with Crippen LogP contribution in [-0.2, 0) is 18.4 Å². The molecular weight excluding hydrogens is 248 g/mol. The molecule has 0 unspecified atom stereocenters. The highest BCUT2D eigenvalue weighted by atomic mass is 16.4. The monoisotopic (exact) mass is 268 g/mol. The summed E-state index contributed by atoms with van der Waals surface area (Å²) in [5, 5.41) is 14.0. The van der Waals surface area contributed by atoms with E-state index >= 15 is 0 Å². The van der Waals surface area contributed by atoms with E-state index in [1.54, 1.807) is 17.0 Å². The number of aryl methyl sites for hydroxylation is 1. The van der Waals surface area contributed by atoms with Gasteiger partial charge in [-0.1, -0.05) is 19.8 Å². The Morgan fingerprint density at radius 3 is 2.79 bits per heavy atom. The number of carbonyl (C=O) groups is 2. The molecule has 0 aliphatic rings. The molecule has 1 rings (SSSR count). The van der Waals surface area contributed by atoms with Crippen LogP contribution in [0.15, 0.2) is 12.4 Å². The first kappa shape index (κ1) is 15.0. The SMILES string of the molecule is CCCC[C@H](NC(=O)NCc1nccn1C)C(=O)O. The number of carbonyl (C=O) groups excluding carboxylic acids is 1. The van der Waals surface area contributed by atoms with Crippen molar-refractivity contribution in [3.05, 3.63) is 18.2 Å². The highest BCUT2D eigenvalue weighted by Gasteiger charge is 2.18. The van der Waals surface area contributed by atoms with Crippen molar-refractivity contribution < 1.29 is 14.7 Å².